The fourth-order valence-corrected chi connectivity index (χ4v) is 3.61. The van der Waals surface area contributed by atoms with E-state index in [9.17, 15) is 14.4 Å². The van der Waals surface area contributed by atoms with E-state index in [1.165, 1.54) is 6.26 Å². The second-order valence-electron chi connectivity index (χ2n) is 7.40. The standard InChI is InChI=1S/C24H23N3O5/c1-31-18-7-4-6-17(13-18)27-15-16(12-22(27)28)23(29)26-21-10-3-2-9-20(21)24(30)25-14-19-8-5-11-32-19/h2-11,13,16H,12,14-15H2,1H3,(H,25,30)(H,26,29). The number of carbonyl (C=O) groups excluding carboxylic acids is 3. The normalized spacial score (nSPS) is 15.5. The number of nitrogens with zero attached hydrogens (tertiary/aromatic N) is 1. The second-order valence-corrected chi connectivity index (χ2v) is 7.40. The van der Waals surface area contributed by atoms with Crippen LogP contribution in [0.2, 0.25) is 0 Å². The molecular weight excluding hydrogens is 410 g/mol. The highest BCUT2D eigenvalue weighted by molar-refractivity contribution is 6.07. The van der Waals surface area contributed by atoms with Crippen molar-refractivity contribution >= 4 is 29.1 Å². The molecule has 1 aromatic heterocycles. The molecular formula is C24H23N3O5. The number of ether oxygens (including phenoxy) is 1. The van der Waals surface area contributed by atoms with Gasteiger partial charge in [-0.25, -0.2) is 0 Å². The zero-order valence-electron chi connectivity index (χ0n) is 17.5. The molecule has 1 aliphatic heterocycles. The number of methoxy groups -OCH3 is 1. The molecule has 0 spiro atoms. The van der Waals surface area contributed by atoms with Gasteiger partial charge in [0.15, 0.2) is 0 Å². The van der Waals surface area contributed by atoms with E-state index in [0.29, 0.717) is 28.4 Å². The molecule has 1 unspecified atom stereocenters. The van der Waals surface area contributed by atoms with E-state index in [0.717, 1.165) is 0 Å². The van der Waals surface area contributed by atoms with Gasteiger partial charge in [-0.05, 0) is 36.4 Å². The summed E-state index contributed by atoms with van der Waals surface area (Å²) in [4.78, 5) is 39.7. The van der Waals surface area contributed by atoms with Gasteiger partial charge in [0, 0.05) is 24.7 Å². The molecule has 3 amide bonds. The van der Waals surface area contributed by atoms with Gasteiger partial charge in [-0.3, -0.25) is 14.4 Å². The molecule has 2 aromatic carbocycles. The molecule has 0 saturated carbocycles. The molecule has 0 radical (unpaired) electrons. The van der Waals surface area contributed by atoms with Gasteiger partial charge in [0.1, 0.15) is 11.5 Å². The molecule has 4 rings (SSSR count). The summed E-state index contributed by atoms with van der Waals surface area (Å²) in [5.41, 5.74) is 1.41. The summed E-state index contributed by atoms with van der Waals surface area (Å²) >= 11 is 0. The first-order valence-electron chi connectivity index (χ1n) is 10.2. The predicted molar refractivity (Wildman–Crippen MR) is 118 cm³/mol. The Bertz CT molecular complexity index is 1130. The van der Waals surface area contributed by atoms with Gasteiger partial charge in [-0.15, -0.1) is 0 Å². The summed E-state index contributed by atoms with van der Waals surface area (Å²) in [5.74, 6) is -0.0525. The van der Waals surface area contributed by atoms with Crippen molar-refractivity contribution < 1.29 is 23.5 Å². The van der Waals surface area contributed by atoms with E-state index < -0.39 is 5.92 Å². The van der Waals surface area contributed by atoms with E-state index in [1.807, 2.05) is 0 Å². The first kappa shape index (κ1) is 21.2. The first-order valence-corrected chi connectivity index (χ1v) is 10.2. The molecule has 1 aliphatic rings. The second kappa shape index (κ2) is 9.38. The average molecular weight is 433 g/mol. The number of hydrogen-bond donors (Lipinski definition) is 2. The molecule has 1 fully saturated rings. The molecule has 164 valence electrons. The Labute approximate surface area is 185 Å². The molecule has 2 heterocycles. The maximum Gasteiger partial charge on any atom is 0.253 e. The maximum absolute atomic E-state index is 12.9. The van der Waals surface area contributed by atoms with Crippen LogP contribution in [0.25, 0.3) is 0 Å². The smallest absolute Gasteiger partial charge is 0.253 e. The lowest BCUT2D eigenvalue weighted by atomic mass is 10.1. The van der Waals surface area contributed by atoms with Crippen LogP contribution in [0.5, 0.6) is 5.75 Å². The Morgan fingerprint density at radius 2 is 1.97 bits per heavy atom. The Balaban J connectivity index is 1.43. The largest absolute Gasteiger partial charge is 0.497 e. The van der Waals surface area contributed by atoms with Gasteiger partial charge in [0.05, 0.1) is 37.1 Å². The van der Waals surface area contributed by atoms with Crippen LogP contribution >= 0.6 is 0 Å². The van der Waals surface area contributed by atoms with Crippen molar-refractivity contribution in [2.45, 2.75) is 13.0 Å². The van der Waals surface area contributed by atoms with Gasteiger partial charge in [0.25, 0.3) is 5.91 Å². The number of carbonyl (C=O) groups is 3. The summed E-state index contributed by atoms with van der Waals surface area (Å²) in [7, 11) is 1.56. The van der Waals surface area contributed by atoms with Gasteiger partial charge in [-0.2, -0.15) is 0 Å². The number of benzene rings is 2. The lowest BCUT2D eigenvalue weighted by molar-refractivity contribution is -0.122. The summed E-state index contributed by atoms with van der Waals surface area (Å²) in [6, 6.07) is 17.4. The molecule has 2 N–H and O–H groups in total. The molecule has 0 bridgehead atoms. The lowest BCUT2D eigenvalue weighted by Crippen LogP contribution is -2.29. The van der Waals surface area contributed by atoms with Gasteiger partial charge in [0.2, 0.25) is 11.8 Å². The minimum Gasteiger partial charge on any atom is -0.497 e. The lowest BCUT2D eigenvalue weighted by Gasteiger charge is -2.18. The molecule has 1 atom stereocenters. The van der Waals surface area contributed by atoms with Crippen molar-refractivity contribution in [1.82, 2.24) is 5.32 Å². The maximum atomic E-state index is 12.9. The van der Waals surface area contributed by atoms with E-state index in [-0.39, 0.29) is 37.2 Å². The molecule has 8 heteroatoms. The van der Waals surface area contributed by atoms with Crippen LogP contribution in [-0.2, 0) is 16.1 Å². The van der Waals surface area contributed by atoms with E-state index >= 15 is 0 Å². The third kappa shape index (κ3) is 4.64. The monoisotopic (exact) mass is 433 g/mol. The highest BCUT2D eigenvalue weighted by atomic mass is 16.5. The van der Waals surface area contributed by atoms with Crippen molar-refractivity contribution in [3.8, 4) is 5.75 Å². The zero-order valence-corrected chi connectivity index (χ0v) is 17.5. The van der Waals surface area contributed by atoms with E-state index in [4.69, 9.17) is 9.15 Å². The van der Waals surface area contributed by atoms with Gasteiger partial charge >= 0.3 is 0 Å². The van der Waals surface area contributed by atoms with Crippen LogP contribution in [0.3, 0.4) is 0 Å². The van der Waals surface area contributed by atoms with Crippen molar-refractivity contribution in [2.24, 2.45) is 5.92 Å². The van der Waals surface area contributed by atoms with Crippen molar-refractivity contribution in [3.63, 3.8) is 0 Å². The van der Waals surface area contributed by atoms with Crippen molar-refractivity contribution in [2.75, 3.05) is 23.9 Å². The van der Waals surface area contributed by atoms with Crippen LogP contribution in [0.4, 0.5) is 11.4 Å². The topological polar surface area (TPSA) is 101 Å². The fraction of sp³-hybridized carbons (Fsp3) is 0.208. The minimum atomic E-state index is -0.534. The van der Waals surface area contributed by atoms with Crippen LogP contribution < -0.4 is 20.3 Å². The fourth-order valence-electron chi connectivity index (χ4n) is 3.61. The first-order chi connectivity index (χ1) is 15.5. The summed E-state index contributed by atoms with van der Waals surface area (Å²) in [6.07, 6.45) is 1.63. The molecule has 0 aliphatic carbocycles. The minimum absolute atomic E-state index is 0.0932. The number of nitrogens with one attached hydrogen (secondary N) is 2. The molecule has 32 heavy (non-hydrogen) atoms. The van der Waals surface area contributed by atoms with Crippen molar-refractivity contribution in [1.29, 1.82) is 0 Å². The number of anilines is 2. The number of furan rings is 1. The highest BCUT2D eigenvalue weighted by Gasteiger charge is 2.35. The Morgan fingerprint density at radius 3 is 2.75 bits per heavy atom. The van der Waals surface area contributed by atoms with Crippen LogP contribution in [0.1, 0.15) is 22.5 Å². The van der Waals surface area contributed by atoms with Crippen LogP contribution in [-0.4, -0.2) is 31.4 Å². The SMILES string of the molecule is COc1cccc(N2CC(C(=O)Nc3ccccc3C(=O)NCc3ccco3)CC2=O)c1. The van der Waals surface area contributed by atoms with Gasteiger partial charge < -0.3 is 24.7 Å². The highest BCUT2D eigenvalue weighted by Crippen LogP contribution is 2.29. The van der Waals surface area contributed by atoms with E-state index in [2.05, 4.69) is 10.6 Å². The van der Waals surface area contributed by atoms with Gasteiger partial charge in [-0.1, -0.05) is 18.2 Å². The number of amides is 3. The van der Waals surface area contributed by atoms with E-state index in [1.54, 1.807) is 72.7 Å². The third-order valence-corrected chi connectivity index (χ3v) is 5.29. The average Bonchev–Trinajstić information content (AvgIpc) is 3.47. The Hall–Kier alpha value is -4.07. The molecule has 3 aromatic rings. The molecule has 8 nitrogen and oxygen atoms in total. The number of hydrogen-bond acceptors (Lipinski definition) is 5. The van der Waals surface area contributed by atoms with Crippen LogP contribution in [0.15, 0.2) is 71.3 Å². The third-order valence-electron chi connectivity index (χ3n) is 5.29. The quantitative estimate of drug-likeness (QED) is 0.596. The Morgan fingerprint density at radius 1 is 1.12 bits per heavy atom. The van der Waals surface area contributed by atoms with Crippen LogP contribution in [0, 0.1) is 5.92 Å². The number of para-hydroxylation sites is 1. The summed E-state index contributed by atoms with van der Waals surface area (Å²) in [6.45, 7) is 0.491. The molecule has 1 saturated heterocycles. The summed E-state index contributed by atoms with van der Waals surface area (Å²) in [5, 5.41) is 5.59. The van der Waals surface area contributed by atoms with Crippen molar-refractivity contribution in [3.05, 3.63) is 78.3 Å². The Kier molecular flexibility index (Phi) is 6.21. The number of rotatable bonds is 7. The summed E-state index contributed by atoms with van der Waals surface area (Å²) < 4.78 is 10.4. The zero-order chi connectivity index (χ0) is 22.5. The predicted octanol–water partition coefficient (Wildman–Crippen LogP) is 3.21.